The van der Waals surface area contributed by atoms with Crippen LogP contribution in [0.4, 0.5) is 9.57 Å². The summed E-state index contributed by atoms with van der Waals surface area (Å²) in [5.74, 6) is -0.490. The van der Waals surface area contributed by atoms with Gasteiger partial charge in [-0.1, -0.05) is 12.1 Å². The number of anilines is 1. The largest absolute Gasteiger partial charge is 0.369 e. The molecule has 0 saturated heterocycles. The molecule has 1 heterocycles. The maximum absolute atomic E-state index is 13.0. The van der Waals surface area contributed by atoms with Crippen molar-refractivity contribution in [3.63, 3.8) is 0 Å². The molecule has 1 amide bonds. The average Bonchev–Trinajstić information content (AvgIpc) is 2.71. The molecule has 0 saturated carbocycles. The topological polar surface area (TPSA) is 177 Å². The smallest absolute Gasteiger partial charge is 0.332 e. The molecule has 0 atom stereocenters. The van der Waals surface area contributed by atoms with Gasteiger partial charge in [-0.3, -0.25) is 9.69 Å². The van der Waals surface area contributed by atoms with Gasteiger partial charge in [-0.2, -0.15) is 13.4 Å². The highest BCUT2D eigenvalue weighted by Gasteiger charge is 2.32. The van der Waals surface area contributed by atoms with Crippen LogP contribution in [0.1, 0.15) is 25.8 Å². The Morgan fingerprint density at radius 1 is 1.00 bits per heavy atom. The number of aliphatic imine (C=N–C) groups is 2. The van der Waals surface area contributed by atoms with Crippen molar-refractivity contribution >= 4 is 43.8 Å². The number of nitrogens with one attached hydrogen (secondary N) is 1. The first kappa shape index (κ1) is 25.1. The highest BCUT2D eigenvalue weighted by Crippen LogP contribution is 2.27. The maximum Gasteiger partial charge on any atom is 0.332 e. The van der Waals surface area contributed by atoms with Gasteiger partial charge in [-0.25, -0.2) is 18.1 Å². The molecule has 5 N–H and O–H groups in total. The van der Waals surface area contributed by atoms with E-state index in [2.05, 4.69) is 9.98 Å². The van der Waals surface area contributed by atoms with Crippen molar-refractivity contribution in [2.75, 3.05) is 4.90 Å². The molecule has 0 spiro atoms. The molecular formula is C20H23FN6O5S2. The van der Waals surface area contributed by atoms with E-state index in [0.717, 1.165) is 29.8 Å². The number of nitrogens with zero attached hydrogens (tertiary/aromatic N) is 3. The monoisotopic (exact) mass is 510 g/mol. The summed E-state index contributed by atoms with van der Waals surface area (Å²) in [6.45, 7) is 3.65. The molecule has 182 valence electrons. The molecule has 2 aromatic carbocycles. The predicted molar refractivity (Wildman–Crippen MR) is 125 cm³/mol. The van der Waals surface area contributed by atoms with Gasteiger partial charge in [0.1, 0.15) is 5.66 Å². The number of benzene rings is 2. The lowest BCUT2D eigenvalue weighted by Gasteiger charge is -2.38. The molecule has 2 aromatic rings. The highest BCUT2D eigenvalue weighted by atomic mass is 32.3. The van der Waals surface area contributed by atoms with Crippen molar-refractivity contribution in [3.8, 4) is 0 Å². The first-order valence-electron chi connectivity index (χ1n) is 9.88. The van der Waals surface area contributed by atoms with Crippen molar-refractivity contribution in [3.05, 3.63) is 54.1 Å². The zero-order chi connectivity index (χ0) is 25.3. The van der Waals surface area contributed by atoms with Crippen LogP contribution in [-0.2, 0) is 31.5 Å². The Hall–Kier alpha value is -3.52. The van der Waals surface area contributed by atoms with Crippen LogP contribution >= 0.6 is 0 Å². The summed E-state index contributed by atoms with van der Waals surface area (Å²) in [6.07, 6.45) is 0.119. The van der Waals surface area contributed by atoms with E-state index in [0.29, 0.717) is 5.69 Å². The number of hydrogen-bond donors (Lipinski definition) is 3. The van der Waals surface area contributed by atoms with E-state index in [1.165, 1.54) is 0 Å². The van der Waals surface area contributed by atoms with Crippen LogP contribution in [0.2, 0.25) is 0 Å². The van der Waals surface area contributed by atoms with E-state index >= 15 is 0 Å². The third-order valence-corrected chi connectivity index (χ3v) is 7.12. The lowest BCUT2D eigenvalue weighted by Crippen LogP contribution is -2.54. The number of hydrogen-bond acceptors (Lipinski definition) is 10. The van der Waals surface area contributed by atoms with E-state index in [9.17, 15) is 25.5 Å². The van der Waals surface area contributed by atoms with Crippen molar-refractivity contribution < 1.29 is 25.5 Å². The second-order valence-corrected chi connectivity index (χ2v) is 10.9. The Morgan fingerprint density at radius 3 is 2.09 bits per heavy atom. The Balaban J connectivity index is 1.62. The van der Waals surface area contributed by atoms with E-state index in [1.807, 2.05) is 18.6 Å². The van der Waals surface area contributed by atoms with Gasteiger partial charge in [0.25, 0.3) is 10.0 Å². The minimum Gasteiger partial charge on any atom is -0.369 e. The number of rotatable bonds is 7. The zero-order valence-corrected chi connectivity index (χ0v) is 19.9. The molecular weight excluding hydrogens is 487 g/mol. The molecule has 1 aliphatic rings. The van der Waals surface area contributed by atoms with Crippen LogP contribution in [0.3, 0.4) is 0 Å². The predicted octanol–water partition coefficient (Wildman–Crippen LogP) is 0.968. The van der Waals surface area contributed by atoms with Crippen molar-refractivity contribution in [1.82, 2.24) is 4.72 Å². The van der Waals surface area contributed by atoms with Crippen LogP contribution in [0, 0.1) is 0 Å². The summed E-state index contributed by atoms with van der Waals surface area (Å²) in [5.41, 5.74) is 12.4. The number of carbonyl (C=O) groups excluding carboxylic acids is 1. The summed E-state index contributed by atoms with van der Waals surface area (Å²) in [6, 6.07) is 10.5. The van der Waals surface area contributed by atoms with Crippen LogP contribution in [0.25, 0.3) is 0 Å². The molecule has 0 unspecified atom stereocenters. The lowest BCUT2D eigenvalue weighted by atomic mass is 10.1. The van der Waals surface area contributed by atoms with E-state index in [4.69, 9.17) is 11.5 Å². The number of carbonyl (C=O) groups is 1. The fourth-order valence-corrected chi connectivity index (χ4v) is 4.84. The lowest BCUT2D eigenvalue weighted by molar-refractivity contribution is -0.119. The van der Waals surface area contributed by atoms with Gasteiger partial charge >= 0.3 is 10.2 Å². The molecule has 11 nitrogen and oxygen atoms in total. The number of sulfonamides is 1. The van der Waals surface area contributed by atoms with Gasteiger partial charge in [0.05, 0.1) is 9.79 Å². The first-order valence-corrected chi connectivity index (χ1v) is 12.7. The Labute approximate surface area is 196 Å². The number of nitrogens with two attached hydrogens (primary N) is 2. The standard InChI is InChI=1S/C20H23FN6O5S2/c1-20(2)25-18(22)24-19(23)27(20)14-6-3-13(4-7-14)5-12-17(28)26-34(31,32)16-10-8-15(9-11-16)33(21,29)30/h3-4,6-11H,5,12H2,1-2H3,(H,26,28)(H4,22,23,24,25). The molecule has 34 heavy (non-hydrogen) atoms. The number of guanidine groups is 2. The second-order valence-electron chi connectivity index (χ2n) is 7.87. The molecule has 0 radical (unpaired) electrons. The second kappa shape index (κ2) is 9.02. The van der Waals surface area contributed by atoms with Gasteiger partial charge in [-0.05, 0) is 62.2 Å². The third-order valence-electron chi connectivity index (χ3n) is 4.89. The summed E-state index contributed by atoms with van der Waals surface area (Å²) < 4.78 is 61.2. The zero-order valence-electron chi connectivity index (χ0n) is 18.3. The number of amides is 1. The first-order chi connectivity index (χ1) is 15.7. The number of aryl methyl sites for hydroxylation is 1. The quantitative estimate of drug-likeness (QED) is 0.461. The van der Waals surface area contributed by atoms with E-state index < -0.39 is 36.7 Å². The van der Waals surface area contributed by atoms with E-state index in [1.54, 1.807) is 29.2 Å². The van der Waals surface area contributed by atoms with Crippen molar-refractivity contribution in [2.24, 2.45) is 21.5 Å². The van der Waals surface area contributed by atoms with Crippen molar-refractivity contribution in [2.45, 2.75) is 42.1 Å². The van der Waals surface area contributed by atoms with Gasteiger partial charge in [0.2, 0.25) is 17.8 Å². The molecule has 3 rings (SSSR count). The highest BCUT2D eigenvalue weighted by molar-refractivity contribution is 7.90. The molecule has 1 aliphatic heterocycles. The SMILES string of the molecule is CC1(C)N=C(N)N=C(N)N1c1ccc(CCC(=O)NS(=O)(=O)c2ccc(S(=O)(=O)F)cc2)cc1. The summed E-state index contributed by atoms with van der Waals surface area (Å²) in [5, 5.41) is 0. The normalized spacial score (nSPS) is 15.9. The van der Waals surface area contributed by atoms with Gasteiger partial charge in [-0.15, -0.1) is 3.89 Å². The fraction of sp³-hybridized carbons (Fsp3) is 0.250. The average molecular weight is 511 g/mol. The van der Waals surface area contributed by atoms with Crippen LogP contribution in [0.15, 0.2) is 68.3 Å². The fourth-order valence-electron chi connectivity index (χ4n) is 3.36. The van der Waals surface area contributed by atoms with Crippen LogP contribution < -0.4 is 21.1 Å². The number of halogens is 1. The minimum absolute atomic E-state index is 0.0831. The van der Waals surface area contributed by atoms with Crippen LogP contribution in [0.5, 0.6) is 0 Å². The maximum atomic E-state index is 13.0. The van der Waals surface area contributed by atoms with Gasteiger partial charge in [0.15, 0.2) is 0 Å². The third kappa shape index (κ3) is 5.69. The molecule has 14 heteroatoms. The summed E-state index contributed by atoms with van der Waals surface area (Å²) >= 11 is 0. The molecule has 0 fully saturated rings. The van der Waals surface area contributed by atoms with Crippen molar-refractivity contribution in [1.29, 1.82) is 0 Å². The molecule has 0 aliphatic carbocycles. The Morgan fingerprint density at radius 2 is 1.56 bits per heavy atom. The van der Waals surface area contributed by atoms with E-state index in [-0.39, 0.29) is 29.7 Å². The Kier molecular flexibility index (Phi) is 6.66. The summed E-state index contributed by atoms with van der Waals surface area (Å²) in [4.78, 5) is 21.1. The molecule has 0 aromatic heterocycles. The summed E-state index contributed by atoms with van der Waals surface area (Å²) in [7, 11) is -9.20. The van der Waals surface area contributed by atoms with Gasteiger partial charge < -0.3 is 11.5 Å². The minimum atomic E-state index is -4.96. The van der Waals surface area contributed by atoms with Gasteiger partial charge in [0, 0.05) is 12.1 Å². The molecule has 0 bridgehead atoms. The Bertz CT molecular complexity index is 1370. The van der Waals surface area contributed by atoms with Crippen LogP contribution in [-0.4, -0.2) is 40.3 Å².